The maximum atomic E-state index is 12.3. The molecule has 2 amide bonds. The maximum Gasteiger partial charge on any atom is 0.292 e. The second-order valence-corrected chi connectivity index (χ2v) is 7.00. The maximum absolute atomic E-state index is 12.3. The van der Waals surface area contributed by atoms with Crippen molar-refractivity contribution in [2.24, 2.45) is 0 Å². The van der Waals surface area contributed by atoms with E-state index in [1.54, 1.807) is 48.8 Å². The first-order valence-electron chi connectivity index (χ1n) is 8.43. The zero-order valence-electron chi connectivity index (χ0n) is 15.0. The molecule has 1 aromatic heterocycles. The number of hydrogen-bond acceptors (Lipinski definition) is 4. The summed E-state index contributed by atoms with van der Waals surface area (Å²) in [5.74, 6) is -1.19. The molecule has 0 aliphatic heterocycles. The van der Waals surface area contributed by atoms with E-state index in [1.165, 1.54) is 27.6 Å². The largest absolute Gasteiger partial charge is 0.292 e. The highest BCUT2D eigenvalue weighted by Gasteiger charge is 2.20. The van der Waals surface area contributed by atoms with Crippen molar-refractivity contribution in [2.75, 3.05) is 10.1 Å². The molecule has 2 aromatic carbocycles. The lowest BCUT2D eigenvalue weighted by Crippen LogP contribution is -2.42. The standard InChI is InChI=1S/C19H17Cl2N4O4/c20-14-3-1-5-16(9-14)24(28)18(26)11-22-7-8-23(13-22)12-19(27)25(29)17-6-2-4-15(21)10-17/h1-10,13,28-29H,11-12H2/q+1. The molecule has 1 heterocycles. The van der Waals surface area contributed by atoms with Crippen LogP contribution in [0.4, 0.5) is 11.4 Å². The number of carbonyl (C=O) groups is 2. The van der Waals surface area contributed by atoms with Gasteiger partial charge in [0.15, 0.2) is 13.1 Å². The Kier molecular flexibility index (Phi) is 6.50. The van der Waals surface area contributed by atoms with E-state index in [2.05, 4.69) is 0 Å². The van der Waals surface area contributed by atoms with Crippen molar-refractivity contribution in [1.29, 1.82) is 0 Å². The summed E-state index contributed by atoms with van der Waals surface area (Å²) in [6.07, 6.45) is 4.64. The molecular formula is C19H17Cl2N4O4+. The summed E-state index contributed by atoms with van der Waals surface area (Å²) < 4.78 is 2.98. The predicted octanol–water partition coefficient (Wildman–Crippen LogP) is 2.93. The van der Waals surface area contributed by atoms with Gasteiger partial charge in [-0.15, -0.1) is 0 Å². The van der Waals surface area contributed by atoms with Crippen LogP contribution in [0.2, 0.25) is 10.0 Å². The van der Waals surface area contributed by atoms with Crippen molar-refractivity contribution < 1.29 is 24.6 Å². The molecule has 0 radical (unpaired) electrons. The third-order valence-electron chi connectivity index (χ3n) is 3.96. The Morgan fingerprint density at radius 3 is 2.03 bits per heavy atom. The Bertz CT molecular complexity index is 960. The summed E-state index contributed by atoms with van der Waals surface area (Å²) >= 11 is 11.7. The van der Waals surface area contributed by atoms with E-state index in [9.17, 15) is 20.0 Å². The smallest absolute Gasteiger partial charge is 0.281 e. The zero-order chi connectivity index (χ0) is 21.0. The lowest BCUT2D eigenvalue weighted by molar-refractivity contribution is -0.683. The van der Waals surface area contributed by atoms with Gasteiger partial charge in [-0.05, 0) is 36.4 Å². The number of rotatable bonds is 6. The molecule has 0 aliphatic rings. The van der Waals surface area contributed by atoms with Crippen LogP contribution in [0.25, 0.3) is 0 Å². The van der Waals surface area contributed by atoms with E-state index < -0.39 is 11.8 Å². The lowest BCUT2D eigenvalue weighted by Gasteiger charge is -2.14. The van der Waals surface area contributed by atoms with Gasteiger partial charge in [0.05, 0.1) is 11.4 Å². The zero-order valence-corrected chi connectivity index (χ0v) is 16.5. The summed E-state index contributed by atoms with van der Waals surface area (Å²) in [7, 11) is 0. The Labute approximate surface area is 176 Å². The number of anilines is 2. The van der Waals surface area contributed by atoms with Gasteiger partial charge in [-0.2, -0.15) is 10.1 Å². The van der Waals surface area contributed by atoms with E-state index >= 15 is 0 Å². The van der Waals surface area contributed by atoms with E-state index in [-0.39, 0.29) is 24.5 Å². The second-order valence-electron chi connectivity index (χ2n) is 6.13. The fourth-order valence-corrected chi connectivity index (χ4v) is 2.94. The molecule has 0 spiro atoms. The molecule has 0 atom stereocenters. The van der Waals surface area contributed by atoms with Crippen molar-refractivity contribution in [3.05, 3.63) is 77.3 Å². The predicted molar refractivity (Wildman–Crippen MR) is 106 cm³/mol. The van der Waals surface area contributed by atoms with Crippen LogP contribution in [0.3, 0.4) is 0 Å². The van der Waals surface area contributed by atoms with E-state index in [0.29, 0.717) is 20.2 Å². The number of halogens is 2. The lowest BCUT2D eigenvalue weighted by atomic mass is 10.3. The molecule has 3 aromatic rings. The monoisotopic (exact) mass is 435 g/mol. The third-order valence-corrected chi connectivity index (χ3v) is 4.43. The summed E-state index contributed by atoms with van der Waals surface area (Å²) in [6, 6.07) is 12.5. The van der Waals surface area contributed by atoms with E-state index in [1.807, 2.05) is 0 Å². The number of benzene rings is 2. The average molecular weight is 436 g/mol. The first-order chi connectivity index (χ1) is 13.8. The van der Waals surface area contributed by atoms with Crippen LogP contribution < -0.4 is 14.7 Å². The molecule has 0 bridgehead atoms. The molecule has 29 heavy (non-hydrogen) atoms. The Morgan fingerprint density at radius 2 is 1.48 bits per heavy atom. The van der Waals surface area contributed by atoms with Crippen molar-refractivity contribution in [1.82, 2.24) is 4.57 Å². The van der Waals surface area contributed by atoms with E-state index in [0.717, 1.165) is 0 Å². The van der Waals surface area contributed by atoms with Gasteiger partial charge in [-0.25, -0.2) is 9.13 Å². The Balaban J connectivity index is 1.61. The third kappa shape index (κ3) is 5.33. The quantitative estimate of drug-likeness (QED) is 0.353. The number of carbonyl (C=O) groups excluding carboxylic acids is 2. The molecule has 0 unspecified atom stereocenters. The highest BCUT2D eigenvalue weighted by molar-refractivity contribution is 6.31. The fraction of sp³-hybridized carbons (Fsp3) is 0.105. The topological polar surface area (TPSA) is 89.9 Å². The van der Waals surface area contributed by atoms with Crippen molar-refractivity contribution in [3.8, 4) is 0 Å². The van der Waals surface area contributed by atoms with E-state index in [4.69, 9.17) is 23.2 Å². The molecule has 0 saturated carbocycles. The number of hydrogen-bond donors (Lipinski definition) is 2. The highest BCUT2D eigenvalue weighted by atomic mass is 35.5. The van der Waals surface area contributed by atoms with Crippen LogP contribution in [0, 0.1) is 0 Å². The fourth-order valence-electron chi connectivity index (χ4n) is 2.58. The molecule has 0 aliphatic carbocycles. The number of aromatic nitrogens is 2. The van der Waals surface area contributed by atoms with Crippen molar-refractivity contribution >= 4 is 46.4 Å². The van der Waals surface area contributed by atoms with Gasteiger partial charge in [-0.3, -0.25) is 20.0 Å². The molecule has 3 rings (SSSR count). The van der Waals surface area contributed by atoms with Gasteiger partial charge in [0, 0.05) is 10.0 Å². The molecule has 8 nitrogen and oxygen atoms in total. The van der Waals surface area contributed by atoms with Crippen LogP contribution in [0.5, 0.6) is 0 Å². The minimum absolute atomic E-state index is 0.165. The van der Waals surface area contributed by atoms with Crippen LogP contribution in [0.1, 0.15) is 0 Å². The Morgan fingerprint density at radius 1 is 0.931 bits per heavy atom. The first-order valence-corrected chi connectivity index (χ1v) is 9.18. The minimum Gasteiger partial charge on any atom is -0.281 e. The van der Waals surface area contributed by atoms with Crippen LogP contribution in [0.15, 0.2) is 67.3 Å². The number of nitrogens with zero attached hydrogens (tertiary/aromatic N) is 4. The highest BCUT2D eigenvalue weighted by Crippen LogP contribution is 2.19. The Hall–Kier alpha value is -2.91. The molecule has 0 fully saturated rings. The van der Waals surface area contributed by atoms with Gasteiger partial charge in [-0.1, -0.05) is 35.3 Å². The van der Waals surface area contributed by atoms with Gasteiger partial charge in [0.1, 0.15) is 12.4 Å². The molecule has 2 N–H and O–H groups in total. The molecular weight excluding hydrogens is 419 g/mol. The SMILES string of the molecule is O=C(Cn1cc[n+](CC(=O)N(O)c2cccc(Cl)c2)c1)N(O)c1cccc(Cl)c1. The average Bonchev–Trinajstić information content (AvgIpc) is 3.13. The number of imidazole rings is 1. The van der Waals surface area contributed by atoms with Crippen molar-refractivity contribution in [3.63, 3.8) is 0 Å². The number of hydroxylamine groups is 2. The summed E-state index contributed by atoms with van der Waals surface area (Å²) in [5, 5.41) is 21.9. The van der Waals surface area contributed by atoms with Crippen molar-refractivity contribution in [2.45, 2.75) is 13.1 Å². The van der Waals surface area contributed by atoms with Crippen LogP contribution in [-0.2, 0) is 22.7 Å². The second kappa shape index (κ2) is 9.06. The summed E-state index contributed by atoms with van der Waals surface area (Å²) in [6.45, 7) is -0.331. The summed E-state index contributed by atoms with van der Waals surface area (Å²) in [4.78, 5) is 24.5. The van der Waals surface area contributed by atoms with Gasteiger partial charge in [0.25, 0.3) is 11.8 Å². The van der Waals surface area contributed by atoms with Gasteiger partial charge < -0.3 is 0 Å². The van der Waals surface area contributed by atoms with Crippen LogP contribution >= 0.6 is 23.2 Å². The van der Waals surface area contributed by atoms with Gasteiger partial charge in [0.2, 0.25) is 6.33 Å². The molecule has 150 valence electrons. The van der Waals surface area contributed by atoms with Gasteiger partial charge >= 0.3 is 0 Å². The normalized spacial score (nSPS) is 10.6. The molecule has 0 saturated heterocycles. The minimum atomic E-state index is -0.593. The molecule has 10 heteroatoms. The van der Waals surface area contributed by atoms with Crippen LogP contribution in [-0.4, -0.2) is 26.8 Å². The summed E-state index contributed by atoms with van der Waals surface area (Å²) in [5.41, 5.74) is 0.491. The first kappa shape index (κ1) is 20.8. The number of amides is 2.